The first-order valence-corrected chi connectivity index (χ1v) is 13.0. The number of carbonyl (C=O) groups is 1. The topological polar surface area (TPSA) is 35.5 Å². The van der Waals surface area contributed by atoms with E-state index in [1.807, 2.05) is 5.57 Å². The standard InChI is InChI=1S/C27H36O3/c28-21-11-12-23-27(20-10-5-7-17(20)24(21)29-23)16-13-22-26(14-3-1-2-4-15-26)19-9-6-8-18(19)25(27)30-22/h22-25H,1-16H2/t22-,23-,24-,25-,27+/m1/s1. The van der Waals surface area contributed by atoms with Gasteiger partial charge in [0.2, 0.25) is 0 Å². The summed E-state index contributed by atoms with van der Waals surface area (Å²) in [4.78, 5) is 12.7. The molecule has 0 amide bonds. The minimum atomic E-state index is -0.210. The first-order valence-electron chi connectivity index (χ1n) is 13.0. The second-order valence-electron chi connectivity index (χ2n) is 11.4. The SMILES string of the molecule is O=C1CC[C@H]2O[C@@H]1C1=C(CCC1)[C@@]21CC[C@H]2O[C@@H]1C1=C(CCC1)C21CCCCCC1. The van der Waals surface area contributed by atoms with Crippen molar-refractivity contribution in [2.24, 2.45) is 10.8 Å². The fourth-order valence-corrected chi connectivity index (χ4v) is 9.25. The third-order valence-electron chi connectivity index (χ3n) is 10.3. The molecule has 3 heteroatoms. The van der Waals surface area contributed by atoms with Gasteiger partial charge in [0.25, 0.3) is 0 Å². The van der Waals surface area contributed by atoms with Crippen LogP contribution in [0.25, 0.3) is 0 Å². The summed E-state index contributed by atoms with van der Waals surface area (Å²) in [6, 6.07) is 0. The van der Waals surface area contributed by atoms with E-state index in [0.29, 0.717) is 23.7 Å². The largest absolute Gasteiger partial charge is 0.369 e. The Morgan fingerprint density at radius 2 is 1.43 bits per heavy atom. The number of hydrogen-bond donors (Lipinski definition) is 0. The fraction of sp³-hybridized carbons (Fsp3) is 0.815. The Morgan fingerprint density at radius 3 is 2.27 bits per heavy atom. The molecule has 7 rings (SSSR count). The Morgan fingerprint density at radius 1 is 0.667 bits per heavy atom. The molecule has 2 spiro atoms. The molecular weight excluding hydrogens is 372 g/mol. The highest BCUT2D eigenvalue weighted by atomic mass is 16.5. The average molecular weight is 409 g/mol. The molecule has 4 aliphatic heterocycles. The lowest BCUT2D eigenvalue weighted by atomic mass is 9.54. The van der Waals surface area contributed by atoms with E-state index in [0.717, 1.165) is 12.8 Å². The number of fused-ring (bicyclic) bond motifs is 11. The molecule has 0 aromatic heterocycles. The van der Waals surface area contributed by atoms with Crippen molar-refractivity contribution in [1.29, 1.82) is 0 Å². The summed E-state index contributed by atoms with van der Waals surface area (Å²) in [6.45, 7) is 0. The van der Waals surface area contributed by atoms with Gasteiger partial charge in [0.15, 0.2) is 5.78 Å². The number of ketones is 1. The summed E-state index contributed by atoms with van der Waals surface area (Å²) in [5.41, 5.74) is 6.94. The molecule has 1 saturated carbocycles. The first kappa shape index (κ1) is 18.6. The van der Waals surface area contributed by atoms with Gasteiger partial charge < -0.3 is 9.47 Å². The molecule has 0 N–H and O–H groups in total. The second kappa shape index (κ2) is 6.54. The van der Waals surface area contributed by atoms with Crippen molar-refractivity contribution in [3.05, 3.63) is 22.3 Å². The van der Waals surface area contributed by atoms with Crippen molar-refractivity contribution in [3.8, 4) is 0 Å². The van der Waals surface area contributed by atoms with E-state index in [2.05, 4.69) is 0 Å². The quantitative estimate of drug-likeness (QED) is 0.464. The van der Waals surface area contributed by atoms with Crippen molar-refractivity contribution in [1.82, 2.24) is 0 Å². The molecule has 0 aromatic carbocycles. The van der Waals surface area contributed by atoms with Crippen LogP contribution in [0.5, 0.6) is 0 Å². The van der Waals surface area contributed by atoms with Crippen molar-refractivity contribution >= 4 is 5.78 Å². The fourth-order valence-electron chi connectivity index (χ4n) is 9.25. The van der Waals surface area contributed by atoms with Crippen LogP contribution in [0.2, 0.25) is 0 Å². The Kier molecular flexibility index (Phi) is 4.06. The molecular formula is C27H36O3. The zero-order valence-electron chi connectivity index (χ0n) is 18.3. The van der Waals surface area contributed by atoms with Gasteiger partial charge in [-0.3, -0.25) is 4.79 Å². The normalized spacial score (nSPS) is 44.5. The van der Waals surface area contributed by atoms with E-state index < -0.39 is 0 Å². The predicted molar refractivity (Wildman–Crippen MR) is 115 cm³/mol. The van der Waals surface area contributed by atoms with Crippen molar-refractivity contribution in [2.45, 2.75) is 127 Å². The summed E-state index contributed by atoms with van der Waals surface area (Å²) in [7, 11) is 0. The lowest BCUT2D eigenvalue weighted by Crippen LogP contribution is -2.63. The van der Waals surface area contributed by atoms with Crippen molar-refractivity contribution in [3.63, 3.8) is 0 Å². The maximum Gasteiger partial charge on any atom is 0.165 e. The number of rotatable bonds is 0. The Hall–Kier alpha value is -0.930. The number of Topliss-reactive ketones (excluding diaryl/α,β-unsaturated/α-hetero) is 1. The third kappa shape index (κ3) is 2.22. The van der Waals surface area contributed by atoms with Crippen molar-refractivity contribution < 1.29 is 14.3 Å². The van der Waals surface area contributed by atoms with Crippen LogP contribution in [-0.2, 0) is 14.3 Å². The average Bonchev–Trinajstić information content (AvgIpc) is 3.40. The van der Waals surface area contributed by atoms with Crippen LogP contribution in [0.4, 0.5) is 0 Å². The maximum absolute atomic E-state index is 12.7. The molecule has 0 aromatic rings. The maximum atomic E-state index is 12.7. The van der Waals surface area contributed by atoms with E-state index in [-0.39, 0.29) is 23.7 Å². The van der Waals surface area contributed by atoms with Gasteiger partial charge >= 0.3 is 0 Å². The van der Waals surface area contributed by atoms with Crippen LogP contribution in [-0.4, -0.2) is 30.2 Å². The van der Waals surface area contributed by atoms with Gasteiger partial charge in [-0.15, -0.1) is 0 Å². The molecule has 0 radical (unpaired) electrons. The van der Waals surface area contributed by atoms with Crippen LogP contribution in [0.1, 0.15) is 103 Å². The lowest BCUT2D eigenvalue weighted by Gasteiger charge is -2.61. The molecule has 2 saturated heterocycles. The van der Waals surface area contributed by atoms with Crippen LogP contribution < -0.4 is 0 Å². The van der Waals surface area contributed by atoms with E-state index in [1.54, 1.807) is 11.1 Å². The van der Waals surface area contributed by atoms with Gasteiger partial charge in [0, 0.05) is 17.3 Å². The van der Waals surface area contributed by atoms with Crippen LogP contribution in [0.15, 0.2) is 22.3 Å². The van der Waals surface area contributed by atoms with E-state index in [4.69, 9.17) is 9.47 Å². The molecule has 162 valence electrons. The zero-order chi connectivity index (χ0) is 19.9. The summed E-state index contributed by atoms with van der Waals surface area (Å²) in [6.07, 6.45) is 20.4. The zero-order valence-corrected chi connectivity index (χ0v) is 18.3. The first-order chi connectivity index (χ1) is 14.7. The minimum Gasteiger partial charge on any atom is -0.369 e. The highest BCUT2D eigenvalue weighted by Gasteiger charge is 2.64. The molecule has 3 nitrogen and oxygen atoms in total. The minimum absolute atomic E-state index is 0.0385. The van der Waals surface area contributed by atoms with Crippen LogP contribution >= 0.6 is 0 Å². The van der Waals surface area contributed by atoms with Crippen LogP contribution in [0, 0.1) is 10.8 Å². The summed E-state index contributed by atoms with van der Waals surface area (Å²) in [5, 5.41) is 0. The van der Waals surface area contributed by atoms with Gasteiger partial charge in [-0.05, 0) is 81.8 Å². The van der Waals surface area contributed by atoms with Gasteiger partial charge in [-0.2, -0.15) is 0 Å². The summed E-state index contributed by atoms with van der Waals surface area (Å²) in [5.74, 6) is 0.340. The summed E-state index contributed by atoms with van der Waals surface area (Å²) >= 11 is 0. The van der Waals surface area contributed by atoms with E-state index in [9.17, 15) is 4.79 Å². The van der Waals surface area contributed by atoms with Gasteiger partial charge in [0.1, 0.15) is 6.10 Å². The van der Waals surface area contributed by atoms with E-state index >= 15 is 0 Å². The third-order valence-corrected chi connectivity index (χ3v) is 10.3. The molecule has 3 fully saturated rings. The predicted octanol–water partition coefficient (Wildman–Crippen LogP) is 5.97. The monoisotopic (exact) mass is 408 g/mol. The number of hydrogen-bond acceptors (Lipinski definition) is 3. The number of ether oxygens (including phenoxy) is 2. The second-order valence-corrected chi connectivity index (χ2v) is 11.4. The van der Waals surface area contributed by atoms with E-state index in [1.165, 1.54) is 89.0 Å². The molecule has 7 aliphatic rings. The molecule has 4 heterocycles. The Bertz CT molecular complexity index is 842. The van der Waals surface area contributed by atoms with Gasteiger partial charge in [-0.25, -0.2) is 0 Å². The molecule has 30 heavy (non-hydrogen) atoms. The molecule has 4 bridgehead atoms. The smallest absolute Gasteiger partial charge is 0.165 e. The van der Waals surface area contributed by atoms with Gasteiger partial charge in [0.05, 0.1) is 18.3 Å². The van der Waals surface area contributed by atoms with Crippen molar-refractivity contribution in [2.75, 3.05) is 0 Å². The highest BCUT2D eigenvalue weighted by Crippen LogP contribution is 2.66. The molecule has 0 unspecified atom stereocenters. The Labute approximate surface area is 180 Å². The highest BCUT2D eigenvalue weighted by molar-refractivity contribution is 5.87. The van der Waals surface area contributed by atoms with Crippen LogP contribution in [0.3, 0.4) is 0 Å². The molecule has 5 atom stereocenters. The number of carbonyl (C=O) groups excluding carboxylic acids is 1. The van der Waals surface area contributed by atoms with Gasteiger partial charge in [-0.1, -0.05) is 36.8 Å². The Balaban J connectivity index is 1.39. The lowest BCUT2D eigenvalue weighted by molar-refractivity contribution is -0.211. The summed E-state index contributed by atoms with van der Waals surface area (Å²) < 4.78 is 13.9. The molecule has 3 aliphatic carbocycles.